The summed E-state index contributed by atoms with van der Waals surface area (Å²) >= 11 is 0. The smallest absolute Gasteiger partial charge is 0.239 e. The van der Waals surface area contributed by atoms with Gasteiger partial charge in [-0.05, 0) is 34.1 Å². The number of aromatic nitrogens is 2. The Balaban J connectivity index is 2.66. The lowest BCUT2D eigenvalue weighted by Gasteiger charge is -2.12. The highest BCUT2D eigenvalue weighted by molar-refractivity contribution is 5.81. The van der Waals surface area contributed by atoms with E-state index in [1.54, 1.807) is 6.07 Å². The van der Waals surface area contributed by atoms with Crippen molar-refractivity contribution in [2.24, 2.45) is 0 Å². The average molecular weight is 336 g/mol. The molecular weight excluding hydrogens is 308 g/mol. The topological polar surface area (TPSA) is 108 Å². The van der Waals surface area contributed by atoms with Gasteiger partial charge in [-0.3, -0.25) is 9.59 Å². The Hall–Kier alpha value is -2.38. The zero-order valence-electron chi connectivity index (χ0n) is 15.1. The molecular formula is C16H28N6O2. The molecule has 0 bridgehead atoms. The summed E-state index contributed by atoms with van der Waals surface area (Å²) in [5.41, 5.74) is 0.823. The van der Waals surface area contributed by atoms with Crippen LogP contribution in [0, 0.1) is 0 Å². The van der Waals surface area contributed by atoms with Crippen molar-refractivity contribution in [2.75, 3.05) is 23.7 Å². The van der Waals surface area contributed by atoms with Gasteiger partial charge in [-0.2, -0.15) is 4.98 Å². The SMILES string of the molecule is CCc1cc(NCC(=O)NC(C)C)nc(NCC(=O)NC(C)C)n1. The molecule has 0 unspecified atom stereocenters. The highest BCUT2D eigenvalue weighted by atomic mass is 16.2. The van der Waals surface area contributed by atoms with Crippen molar-refractivity contribution < 1.29 is 9.59 Å². The molecule has 0 atom stereocenters. The van der Waals surface area contributed by atoms with Crippen LogP contribution in [0.15, 0.2) is 6.07 Å². The van der Waals surface area contributed by atoms with Crippen molar-refractivity contribution in [3.8, 4) is 0 Å². The van der Waals surface area contributed by atoms with E-state index < -0.39 is 0 Å². The number of carbonyl (C=O) groups is 2. The summed E-state index contributed by atoms with van der Waals surface area (Å²) in [5.74, 6) is 0.682. The molecule has 2 amide bonds. The van der Waals surface area contributed by atoms with Gasteiger partial charge >= 0.3 is 0 Å². The first kappa shape index (κ1) is 19.7. The average Bonchev–Trinajstić information content (AvgIpc) is 2.49. The number of aryl methyl sites for hydroxylation is 1. The van der Waals surface area contributed by atoms with E-state index in [2.05, 4.69) is 31.2 Å². The molecule has 8 heteroatoms. The predicted molar refractivity (Wildman–Crippen MR) is 94.9 cm³/mol. The molecule has 0 aliphatic rings. The van der Waals surface area contributed by atoms with E-state index in [-0.39, 0.29) is 37.0 Å². The Morgan fingerprint density at radius 2 is 1.50 bits per heavy atom. The summed E-state index contributed by atoms with van der Waals surface area (Å²) in [6.07, 6.45) is 0.724. The monoisotopic (exact) mass is 336 g/mol. The largest absolute Gasteiger partial charge is 0.361 e. The maximum Gasteiger partial charge on any atom is 0.239 e. The highest BCUT2D eigenvalue weighted by Crippen LogP contribution is 2.10. The lowest BCUT2D eigenvalue weighted by atomic mass is 10.3. The van der Waals surface area contributed by atoms with Crippen molar-refractivity contribution in [3.63, 3.8) is 0 Å². The van der Waals surface area contributed by atoms with Crippen LogP contribution in [0.25, 0.3) is 0 Å². The predicted octanol–water partition coefficient (Wildman–Crippen LogP) is 0.912. The quantitative estimate of drug-likeness (QED) is 0.534. The van der Waals surface area contributed by atoms with Gasteiger partial charge in [-0.1, -0.05) is 6.92 Å². The van der Waals surface area contributed by atoms with Crippen LogP contribution >= 0.6 is 0 Å². The van der Waals surface area contributed by atoms with Crippen LogP contribution in [0.5, 0.6) is 0 Å². The van der Waals surface area contributed by atoms with Crippen molar-refractivity contribution in [1.29, 1.82) is 0 Å². The zero-order chi connectivity index (χ0) is 18.1. The van der Waals surface area contributed by atoms with Crippen molar-refractivity contribution >= 4 is 23.6 Å². The van der Waals surface area contributed by atoms with Crippen LogP contribution in [0.3, 0.4) is 0 Å². The van der Waals surface area contributed by atoms with Crippen molar-refractivity contribution in [3.05, 3.63) is 11.8 Å². The maximum absolute atomic E-state index is 11.7. The van der Waals surface area contributed by atoms with Crippen LogP contribution in [0.1, 0.15) is 40.3 Å². The van der Waals surface area contributed by atoms with Gasteiger partial charge in [0.05, 0.1) is 13.1 Å². The minimum Gasteiger partial charge on any atom is -0.361 e. The molecule has 24 heavy (non-hydrogen) atoms. The van der Waals surface area contributed by atoms with E-state index in [9.17, 15) is 9.59 Å². The van der Waals surface area contributed by atoms with Gasteiger partial charge in [-0.25, -0.2) is 4.98 Å². The van der Waals surface area contributed by atoms with E-state index in [1.165, 1.54) is 0 Å². The molecule has 4 N–H and O–H groups in total. The van der Waals surface area contributed by atoms with E-state index in [1.807, 2.05) is 34.6 Å². The summed E-state index contributed by atoms with van der Waals surface area (Å²) in [6, 6.07) is 1.97. The Bertz CT molecular complexity index is 515. The third-order valence-electron chi connectivity index (χ3n) is 2.88. The van der Waals surface area contributed by atoms with Gasteiger partial charge in [0.1, 0.15) is 5.82 Å². The number of amides is 2. The van der Waals surface area contributed by atoms with Gasteiger partial charge in [0.25, 0.3) is 0 Å². The molecule has 1 rings (SSSR count). The van der Waals surface area contributed by atoms with Crippen LogP contribution in [-0.4, -0.2) is 47.0 Å². The fourth-order valence-electron chi connectivity index (χ4n) is 1.92. The summed E-state index contributed by atoms with van der Waals surface area (Å²) in [7, 11) is 0. The zero-order valence-corrected chi connectivity index (χ0v) is 15.1. The first-order chi connectivity index (χ1) is 11.3. The third-order valence-corrected chi connectivity index (χ3v) is 2.88. The molecule has 0 saturated heterocycles. The van der Waals surface area contributed by atoms with E-state index >= 15 is 0 Å². The normalized spacial score (nSPS) is 10.6. The maximum atomic E-state index is 11.7. The van der Waals surface area contributed by atoms with Gasteiger partial charge in [0.15, 0.2) is 0 Å². The van der Waals surface area contributed by atoms with Gasteiger partial charge in [0.2, 0.25) is 17.8 Å². The first-order valence-electron chi connectivity index (χ1n) is 8.24. The lowest BCUT2D eigenvalue weighted by Crippen LogP contribution is -2.35. The standard InChI is InChI=1S/C16H28N6O2/c1-6-12-7-13(17-8-14(23)19-10(2)3)22-16(21-12)18-9-15(24)20-11(4)5/h7,10-11H,6,8-9H2,1-5H3,(H,19,23)(H,20,24)(H2,17,18,21,22). The molecule has 0 radical (unpaired) electrons. The molecule has 0 aromatic carbocycles. The summed E-state index contributed by atoms with van der Waals surface area (Å²) < 4.78 is 0. The fraction of sp³-hybridized carbons (Fsp3) is 0.625. The number of nitrogens with one attached hydrogen (secondary N) is 4. The fourth-order valence-corrected chi connectivity index (χ4v) is 1.92. The summed E-state index contributed by atoms with van der Waals surface area (Å²) in [6.45, 7) is 9.81. The molecule has 1 aromatic rings. The van der Waals surface area contributed by atoms with E-state index in [0.29, 0.717) is 11.8 Å². The number of nitrogens with zero attached hydrogens (tertiary/aromatic N) is 2. The van der Waals surface area contributed by atoms with Crippen LogP contribution in [0.4, 0.5) is 11.8 Å². The minimum atomic E-state index is -0.124. The van der Waals surface area contributed by atoms with Gasteiger partial charge < -0.3 is 21.3 Å². The molecule has 1 heterocycles. The second kappa shape index (κ2) is 9.69. The Kier molecular flexibility index (Phi) is 7.94. The van der Waals surface area contributed by atoms with Crippen LogP contribution < -0.4 is 21.3 Å². The molecule has 0 saturated carbocycles. The highest BCUT2D eigenvalue weighted by Gasteiger charge is 2.08. The number of hydrogen-bond acceptors (Lipinski definition) is 6. The van der Waals surface area contributed by atoms with Crippen LogP contribution in [0.2, 0.25) is 0 Å². The number of carbonyl (C=O) groups excluding carboxylic acids is 2. The van der Waals surface area contributed by atoms with Crippen molar-refractivity contribution in [2.45, 2.75) is 53.1 Å². The van der Waals surface area contributed by atoms with Gasteiger partial charge in [-0.15, -0.1) is 0 Å². The first-order valence-corrected chi connectivity index (χ1v) is 8.24. The summed E-state index contributed by atoms with van der Waals surface area (Å²) in [4.78, 5) is 32.0. The Morgan fingerprint density at radius 3 is 2.00 bits per heavy atom. The third kappa shape index (κ3) is 7.75. The molecule has 1 aromatic heterocycles. The number of rotatable bonds is 9. The molecule has 8 nitrogen and oxygen atoms in total. The second-order valence-corrected chi connectivity index (χ2v) is 6.07. The lowest BCUT2D eigenvalue weighted by molar-refractivity contribution is -0.120. The molecule has 0 spiro atoms. The summed E-state index contributed by atoms with van der Waals surface area (Å²) in [5, 5.41) is 11.5. The minimum absolute atomic E-state index is 0.0823. The number of hydrogen-bond donors (Lipinski definition) is 4. The molecule has 134 valence electrons. The molecule has 0 fully saturated rings. The van der Waals surface area contributed by atoms with E-state index in [0.717, 1.165) is 12.1 Å². The Morgan fingerprint density at radius 1 is 0.958 bits per heavy atom. The number of anilines is 2. The molecule has 0 aliphatic carbocycles. The van der Waals surface area contributed by atoms with Crippen LogP contribution in [-0.2, 0) is 16.0 Å². The Labute approximate surface area is 143 Å². The second-order valence-electron chi connectivity index (χ2n) is 6.07. The van der Waals surface area contributed by atoms with Gasteiger partial charge in [0, 0.05) is 23.8 Å². The van der Waals surface area contributed by atoms with E-state index in [4.69, 9.17) is 0 Å². The molecule has 0 aliphatic heterocycles. The van der Waals surface area contributed by atoms with Crippen molar-refractivity contribution in [1.82, 2.24) is 20.6 Å².